The monoisotopic (exact) mass is 178 g/mol. The molecular formula is C6H11BrO. The van der Waals surface area contributed by atoms with E-state index in [0.717, 1.165) is 12.8 Å². The molecule has 0 bridgehead atoms. The molecule has 0 aromatic carbocycles. The Bertz CT molecular complexity index is 66.9. The van der Waals surface area contributed by atoms with Crippen molar-refractivity contribution < 1.29 is 5.11 Å². The van der Waals surface area contributed by atoms with Crippen molar-refractivity contribution in [3.8, 4) is 0 Å². The number of hydrogen-bond acceptors (Lipinski definition) is 1. The highest BCUT2D eigenvalue weighted by Gasteiger charge is 2.16. The van der Waals surface area contributed by atoms with E-state index in [9.17, 15) is 0 Å². The van der Waals surface area contributed by atoms with Gasteiger partial charge in [-0.15, -0.1) is 0 Å². The van der Waals surface area contributed by atoms with Gasteiger partial charge < -0.3 is 5.11 Å². The lowest BCUT2D eigenvalue weighted by Gasteiger charge is -2.20. The molecule has 0 aromatic rings. The first-order valence-corrected chi connectivity index (χ1v) is 4.03. The summed E-state index contributed by atoms with van der Waals surface area (Å²) in [5.41, 5.74) is 0. The molecule has 1 saturated carbocycles. The molecule has 0 unspecified atom stereocenters. The fraction of sp³-hybridized carbons (Fsp3) is 1.00. The number of aliphatic hydroxyl groups excluding tert-OH is 1. The van der Waals surface area contributed by atoms with E-state index in [-0.39, 0.29) is 6.10 Å². The zero-order valence-electron chi connectivity index (χ0n) is 4.81. The Balaban J connectivity index is 2.23. The van der Waals surface area contributed by atoms with Crippen LogP contribution in [0.1, 0.15) is 25.7 Å². The van der Waals surface area contributed by atoms with Crippen LogP contribution in [0.25, 0.3) is 0 Å². The Hall–Kier alpha value is 0.440. The van der Waals surface area contributed by atoms with Gasteiger partial charge in [-0.1, -0.05) is 15.9 Å². The second-order valence-corrected chi connectivity index (χ2v) is 3.71. The summed E-state index contributed by atoms with van der Waals surface area (Å²) in [7, 11) is 0. The molecular weight excluding hydrogens is 168 g/mol. The Morgan fingerprint density at radius 3 is 2.50 bits per heavy atom. The summed E-state index contributed by atoms with van der Waals surface area (Å²) in [6.07, 6.45) is 4.32. The Morgan fingerprint density at radius 2 is 2.12 bits per heavy atom. The highest BCUT2D eigenvalue weighted by molar-refractivity contribution is 9.09. The topological polar surface area (TPSA) is 20.2 Å². The molecule has 0 heterocycles. The average molecular weight is 179 g/mol. The van der Waals surface area contributed by atoms with Gasteiger partial charge in [-0.25, -0.2) is 0 Å². The molecule has 1 aliphatic carbocycles. The molecule has 1 fully saturated rings. The molecule has 0 aliphatic heterocycles. The summed E-state index contributed by atoms with van der Waals surface area (Å²) in [4.78, 5) is 0.575. The molecule has 0 radical (unpaired) electrons. The minimum absolute atomic E-state index is 0.0341. The third-order valence-corrected chi connectivity index (χ3v) is 2.41. The third kappa shape index (κ3) is 1.75. The van der Waals surface area contributed by atoms with Gasteiger partial charge >= 0.3 is 0 Å². The Labute approximate surface area is 58.2 Å². The van der Waals surface area contributed by atoms with Crippen molar-refractivity contribution in [2.45, 2.75) is 36.6 Å². The predicted molar refractivity (Wildman–Crippen MR) is 37.2 cm³/mol. The van der Waals surface area contributed by atoms with Crippen LogP contribution in [0.4, 0.5) is 0 Å². The van der Waals surface area contributed by atoms with Crippen LogP contribution in [0.5, 0.6) is 0 Å². The highest BCUT2D eigenvalue weighted by Crippen LogP contribution is 2.23. The highest BCUT2D eigenvalue weighted by atomic mass is 79.9. The van der Waals surface area contributed by atoms with Gasteiger partial charge in [-0.2, -0.15) is 0 Å². The Morgan fingerprint density at radius 1 is 1.38 bits per heavy atom. The van der Waals surface area contributed by atoms with Crippen LogP contribution < -0.4 is 0 Å². The fourth-order valence-electron chi connectivity index (χ4n) is 1.11. The van der Waals surface area contributed by atoms with E-state index in [1.165, 1.54) is 12.8 Å². The van der Waals surface area contributed by atoms with E-state index >= 15 is 0 Å². The van der Waals surface area contributed by atoms with Crippen LogP contribution in [0.15, 0.2) is 0 Å². The second kappa shape index (κ2) is 2.83. The van der Waals surface area contributed by atoms with E-state index in [2.05, 4.69) is 15.9 Å². The van der Waals surface area contributed by atoms with E-state index in [4.69, 9.17) is 5.11 Å². The largest absolute Gasteiger partial charge is 0.393 e. The first-order valence-electron chi connectivity index (χ1n) is 3.11. The predicted octanol–water partition coefficient (Wildman–Crippen LogP) is 1.68. The van der Waals surface area contributed by atoms with Gasteiger partial charge in [0.2, 0.25) is 0 Å². The Kier molecular flexibility index (Phi) is 2.32. The molecule has 1 aliphatic rings. The minimum Gasteiger partial charge on any atom is -0.393 e. The number of halogens is 1. The summed E-state index contributed by atoms with van der Waals surface area (Å²) >= 11 is 3.47. The van der Waals surface area contributed by atoms with Crippen molar-refractivity contribution in [1.29, 1.82) is 0 Å². The summed E-state index contributed by atoms with van der Waals surface area (Å²) in [5.74, 6) is 0. The summed E-state index contributed by atoms with van der Waals surface area (Å²) < 4.78 is 0. The number of alkyl halides is 1. The zero-order chi connectivity index (χ0) is 5.98. The third-order valence-electron chi connectivity index (χ3n) is 1.58. The maximum atomic E-state index is 9.05. The lowest BCUT2D eigenvalue weighted by atomic mass is 9.98. The lowest BCUT2D eigenvalue weighted by Crippen LogP contribution is -2.18. The van der Waals surface area contributed by atoms with Crippen molar-refractivity contribution in [2.24, 2.45) is 0 Å². The number of aliphatic hydroxyl groups is 1. The van der Waals surface area contributed by atoms with Gasteiger partial charge in [0.25, 0.3) is 0 Å². The molecule has 8 heavy (non-hydrogen) atoms. The number of hydrogen-bond donors (Lipinski definition) is 1. The minimum atomic E-state index is -0.0341. The molecule has 2 atom stereocenters. The molecule has 1 nitrogen and oxygen atoms in total. The lowest BCUT2D eigenvalue weighted by molar-refractivity contribution is 0.134. The van der Waals surface area contributed by atoms with Crippen LogP contribution in [-0.2, 0) is 0 Å². The molecule has 0 spiro atoms. The molecule has 48 valence electrons. The molecule has 1 rings (SSSR count). The number of rotatable bonds is 0. The first-order chi connectivity index (χ1) is 3.79. The van der Waals surface area contributed by atoms with E-state index in [1.54, 1.807) is 0 Å². The molecule has 1 N–H and O–H groups in total. The fourth-order valence-corrected chi connectivity index (χ4v) is 1.86. The summed E-state index contributed by atoms with van der Waals surface area (Å²) in [5, 5.41) is 9.05. The zero-order valence-corrected chi connectivity index (χ0v) is 6.39. The first kappa shape index (κ1) is 6.56. The van der Waals surface area contributed by atoms with Gasteiger partial charge in [0.1, 0.15) is 0 Å². The van der Waals surface area contributed by atoms with Crippen molar-refractivity contribution in [3.63, 3.8) is 0 Å². The van der Waals surface area contributed by atoms with E-state index in [1.807, 2.05) is 0 Å². The van der Waals surface area contributed by atoms with Crippen LogP contribution in [-0.4, -0.2) is 16.0 Å². The second-order valence-electron chi connectivity index (χ2n) is 2.42. The molecule has 2 heteroatoms. The van der Waals surface area contributed by atoms with E-state index < -0.39 is 0 Å². The van der Waals surface area contributed by atoms with Gasteiger partial charge in [0.05, 0.1) is 6.10 Å². The SMILES string of the molecule is O[C@H]1CCC[C@@H](Br)C1. The van der Waals surface area contributed by atoms with Crippen LogP contribution in [0, 0.1) is 0 Å². The van der Waals surface area contributed by atoms with Gasteiger partial charge in [-0.05, 0) is 25.7 Å². The maximum Gasteiger partial charge on any atom is 0.0551 e. The van der Waals surface area contributed by atoms with Crippen LogP contribution in [0.2, 0.25) is 0 Å². The summed E-state index contributed by atoms with van der Waals surface area (Å²) in [6, 6.07) is 0. The smallest absolute Gasteiger partial charge is 0.0551 e. The standard InChI is InChI=1S/C6H11BrO/c7-5-2-1-3-6(8)4-5/h5-6,8H,1-4H2/t5-,6+/m1/s1. The van der Waals surface area contributed by atoms with Crippen molar-refractivity contribution in [3.05, 3.63) is 0 Å². The van der Waals surface area contributed by atoms with Gasteiger partial charge in [0.15, 0.2) is 0 Å². The van der Waals surface area contributed by atoms with Gasteiger partial charge in [0, 0.05) is 4.83 Å². The maximum absolute atomic E-state index is 9.05. The van der Waals surface area contributed by atoms with E-state index in [0.29, 0.717) is 4.83 Å². The molecule has 0 amide bonds. The van der Waals surface area contributed by atoms with Crippen molar-refractivity contribution >= 4 is 15.9 Å². The van der Waals surface area contributed by atoms with Crippen molar-refractivity contribution in [1.82, 2.24) is 0 Å². The summed E-state index contributed by atoms with van der Waals surface area (Å²) in [6.45, 7) is 0. The normalized spacial score (nSPS) is 39.8. The quantitative estimate of drug-likeness (QED) is 0.561. The average Bonchev–Trinajstić information content (AvgIpc) is 1.64. The molecule has 0 aromatic heterocycles. The van der Waals surface area contributed by atoms with Crippen LogP contribution >= 0.6 is 15.9 Å². The van der Waals surface area contributed by atoms with Crippen molar-refractivity contribution in [2.75, 3.05) is 0 Å². The van der Waals surface area contributed by atoms with Crippen LogP contribution in [0.3, 0.4) is 0 Å². The van der Waals surface area contributed by atoms with Gasteiger partial charge in [-0.3, -0.25) is 0 Å². The molecule has 0 saturated heterocycles.